The van der Waals surface area contributed by atoms with Gasteiger partial charge in [0.2, 0.25) is 0 Å². The first kappa shape index (κ1) is 30.9. The minimum absolute atomic E-state index is 0.00815. The van der Waals surface area contributed by atoms with Crippen LogP contribution < -0.4 is 4.74 Å². The van der Waals surface area contributed by atoms with Crippen molar-refractivity contribution in [3.8, 4) is 5.75 Å². The van der Waals surface area contributed by atoms with E-state index in [-0.39, 0.29) is 11.9 Å². The van der Waals surface area contributed by atoms with Gasteiger partial charge in [0.05, 0.1) is 17.7 Å². The number of carboxylic acids is 2. The van der Waals surface area contributed by atoms with Crippen LogP contribution in [0.25, 0.3) is 0 Å². The van der Waals surface area contributed by atoms with Crippen LogP contribution in [0.1, 0.15) is 35.1 Å². The predicted molar refractivity (Wildman–Crippen MR) is 127 cm³/mol. The van der Waals surface area contributed by atoms with Crippen LogP contribution in [0.5, 0.6) is 5.75 Å². The van der Waals surface area contributed by atoms with Gasteiger partial charge in [-0.15, -0.1) is 0 Å². The van der Waals surface area contributed by atoms with Gasteiger partial charge in [-0.1, -0.05) is 24.3 Å². The van der Waals surface area contributed by atoms with E-state index in [9.17, 15) is 31.1 Å². The van der Waals surface area contributed by atoms with Gasteiger partial charge in [-0.05, 0) is 36.6 Å². The van der Waals surface area contributed by atoms with E-state index < -0.39 is 30.4 Å². The molecular weight excluding hydrogens is 566 g/mol. The third kappa shape index (κ3) is 7.95. The van der Waals surface area contributed by atoms with Crippen LogP contribution in [0.4, 0.5) is 26.3 Å². The van der Waals surface area contributed by atoms with Crippen molar-refractivity contribution in [1.82, 2.24) is 19.9 Å². The van der Waals surface area contributed by atoms with E-state index in [0.717, 1.165) is 41.2 Å². The van der Waals surface area contributed by atoms with Gasteiger partial charge < -0.3 is 24.8 Å². The van der Waals surface area contributed by atoms with E-state index in [1.807, 2.05) is 41.3 Å². The molecule has 3 aromatic rings. The second kappa shape index (κ2) is 12.7. The number of nitrogens with zero attached hydrogens (tertiary/aromatic N) is 3. The summed E-state index contributed by atoms with van der Waals surface area (Å²) in [6.07, 6.45) is -4.88. The average molecular weight is 588 g/mol. The fourth-order valence-corrected chi connectivity index (χ4v) is 4.03. The van der Waals surface area contributed by atoms with Crippen LogP contribution >= 0.6 is 0 Å². The number of halogens is 6. The third-order valence-electron chi connectivity index (χ3n) is 5.85. The highest BCUT2D eigenvalue weighted by Crippen LogP contribution is 2.35. The van der Waals surface area contributed by atoms with Gasteiger partial charge in [-0.25, -0.2) is 14.6 Å². The van der Waals surface area contributed by atoms with E-state index in [0.29, 0.717) is 13.0 Å². The van der Waals surface area contributed by atoms with Gasteiger partial charge in [-0.3, -0.25) is 9.78 Å². The van der Waals surface area contributed by atoms with Crippen LogP contribution in [0.3, 0.4) is 0 Å². The second-order valence-corrected chi connectivity index (χ2v) is 8.56. The van der Waals surface area contributed by atoms with Crippen molar-refractivity contribution < 1.29 is 55.7 Å². The number of aromatic amines is 1. The SMILES string of the molecule is O=C(C1CCc2ccccc2O1)N1CCc2[nH]cnc2C1c1ccccn1.O=C(O)C(F)(F)F.O=C(O)C(F)(F)F. The third-order valence-corrected chi connectivity index (χ3v) is 5.85. The Morgan fingerprint density at radius 2 is 1.51 bits per heavy atom. The molecule has 0 saturated heterocycles. The number of alkyl halides is 6. The summed E-state index contributed by atoms with van der Waals surface area (Å²) in [5.41, 5.74) is 3.94. The molecule has 2 unspecified atom stereocenters. The number of H-pyrrole nitrogens is 1. The summed E-state index contributed by atoms with van der Waals surface area (Å²) in [6.45, 7) is 0.622. The van der Waals surface area contributed by atoms with E-state index in [2.05, 4.69) is 21.0 Å². The topological polar surface area (TPSA) is 146 Å². The highest BCUT2D eigenvalue weighted by atomic mass is 19.4. The lowest BCUT2D eigenvalue weighted by atomic mass is 9.96. The van der Waals surface area contributed by atoms with Gasteiger partial charge in [0.1, 0.15) is 11.8 Å². The number of fused-ring (bicyclic) bond motifs is 2. The van der Waals surface area contributed by atoms with Gasteiger partial charge in [0.15, 0.2) is 6.10 Å². The van der Waals surface area contributed by atoms with E-state index in [4.69, 9.17) is 24.5 Å². The Labute approximate surface area is 227 Å². The number of nitrogens with one attached hydrogen (secondary N) is 1. The fourth-order valence-electron chi connectivity index (χ4n) is 4.03. The first-order chi connectivity index (χ1) is 19.2. The Morgan fingerprint density at radius 3 is 2.10 bits per heavy atom. The number of ether oxygens (including phenoxy) is 1. The maximum atomic E-state index is 13.4. The monoisotopic (exact) mass is 588 g/mol. The fraction of sp³-hybridized carbons (Fsp3) is 0.320. The highest BCUT2D eigenvalue weighted by molar-refractivity contribution is 5.83. The lowest BCUT2D eigenvalue weighted by Crippen LogP contribution is -2.48. The number of imidazole rings is 1. The van der Waals surface area contributed by atoms with Crippen molar-refractivity contribution in [3.05, 3.63) is 77.6 Å². The zero-order chi connectivity index (χ0) is 30.4. The molecule has 0 spiro atoms. The molecule has 0 saturated carbocycles. The molecule has 0 bridgehead atoms. The summed E-state index contributed by atoms with van der Waals surface area (Å²) in [7, 11) is 0. The van der Waals surface area contributed by atoms with Crippen LogP contribution in [0.15, 0.2) is 55.0 Å². The first-order valence-electron chi connectivity index (χ1n) is 11.8. The predicted octanol–water partition coefficient (Wildman–Crippen LogP) is 3.94. The van der Waals surface area contributed by atoms with Crippen molar-refractivity contribution in [2.75, 3.05) is 6.54 Å². The minimum Gasteiger partial charge on any atom is -0.480 e. The molecular formula is C25H22F6N4O6. The summed E-state index contributed by atoms with van der Waals surface area (Å²) < 4.78 is 69.5. The van der Waals surface area contributed by atoms with Crippen molar-refractivity contribution in [3.63, 3.8) is 0 Å². The molecule has 220 valence electrons. The number of aryl methyl sites for hydroxylation is 1. The zero-order valence-corrected chi connectivity index (χ0v) is 20.8. The summed E-state index contributed by atoms with van der Waals surface area (Å²) in [5, 5.41) is 14.2. The molecule has 10 nitrogen and oxygen atoms in total. The lowest BCUT2D eigenvalue weighted by molar-refractivity contribution is -0.193. The molecule has 5 rings (SSSR count). The number of aromatic nitrogens is 3. The molecule has 2 aliphatic rings. The number of hydrogen-bond donors (Lipinski definition) is 3. The normalized spacial score (nSPS) is 17.8. The Balaban J connectivity index is 0.000000276. The van der Waals surface area contributed by atoms with Crippen LogP contribution in [-0.2, 0) is 27.2 Å². The Hall–Kier alpha value is -4.63. The lowest BCUT2D eigenvalue weighted by Gasteiger charge is -2.37. The molecule has 2 aliphatic heterocycles. The molecule has 2 aromatic heterocycles. The number of carboxylic acid groups (broad SMARTS) is 2. The smallest absolute Gasteiger partial charge is 0.480 e. The molecule has 3 N–H and O–H groups in total. The Kier molecular flexibility index (Phi) is 9.57. The average Bonchev–Trinajstić information content (AvgIpc) is 3.41. The van der Waals surface area contributed by atoms with Crippen LogP contribution in [-0.4, -0.2) is 72.9 Å². The van der Waals surface area contributed by atoms with Gasteiger partial charge in [0, 0.05) is 24.9 Å². The maximum Gasteiger partial charge on any atom is 0.490 e. The van der Waals surface area contributed by atoms with Crippen molar-refractivity contribution >= 4 is 17.8 Å². The molecule has 4 heterocycles. The number of carbonyl (C=O) groups is 3. The standard InChI is InChI=1S/C21H20N4O2.2C2HF3O2/c26-21(18-9-8-14-5-1-2-7-17(14)27-18)25-12-10-15-19(24-13-23-15)20(25)16-6-3-4-11-22-16;2*3-2(4,5)1(6)7/h1-7,11,13,18,20H,8-10,12H2,(H,23,24);2*(H,6,7). The quantitative estimate of drug-likeness (QED) is 0.382. The summed E-state index contributed by atoms with van der Waals surface area (Å²) in [5.74, 6) is -4.69. The largest absolute Gasteiger partial charge is 0.490 e. The number of amides is 1. The minimum atomic E-state index is -5.08. The molecule has 0 aliphatic carbocycles. The second-order valence-electron chi connectivity index (χ2n) is 8.56. The van der Waals surface area contributed by atoms with E-state index in [1.165, 1.54) is 0 Å². The Morgan fingerprint density at radius 1 is 0.902 bits per heavy atom. The summed E-state index contributed by atoms with van der Waals surface area (Å²) >= 11 is 0. The molecule has 0 radical (unpaired) electrons. The molecule has 1 amide bonds. The van der Waals surface area contributed by atoms with Gasteiger partial charge in [0.25, 0.3) is 5.91 Å². The number of pyridine rings is 1. The summed E-state index contributed by atoms with van der Waals surface area (Å²) in [4.78, 5) is 45.3. The Bertz CT molecular complexity index is 1340. The number of para-hydroxylation sites is 1. The van der Waals surface area contributed by atoms with Crippen molar-refractivity contribution in [2.24, 2.45) is 0 Å². The molecule has 41 heavy (non-hydrogen) atoms. The van der Waals surface area contributed by atoms with E-state index in [1.54, 1.807) is 12.5 Å². The van der Waals surface area contributed by atoms with Gasteiger partial charge >= 0.3 is 24.3 Å². The van der Waals surface area contributed by atoms with Crippen LogP contribution in [0, 0.1) is 0 Å². The number of aliphatic carboxylic acids is 2. The number of carbonyl (C=O) groups excluding carboxylic acids is 1. The molecule has 2 atom stereocenters. The zero-order valence-electron chi connectivity index (χ0n) is 20.8. The van der Waals surface area contributed by atoms with Crippen molar-refractivity contribution in [2.45, 2.75) is 43.8 Å². The molecule has 16 heteroatoms. The summed E-state index contributed by atoms with van der Waals surface area (Å²) in [6, 6.07) is 13.4. The number of rotatable bonds is 2. The number of benzene rings is 1. The molecule has 1 aromatic carbocycles. The van der Waals surface area contributed by atoms with E-state index >= 15 is 0 Å². The maximum absolute atomic E-state index is 13.4. The van der Waals surface area contributed by atoms with Crippen molar-refractivity contribution in [1.29, 1.82) is 0 Å². The highest BCUT2D eigenvalue weighted by Gasteiger charge is 2.40. The van der Waals surface area contributed by atoms with Gasteiger partial charge in [-0.2, -0.15) is 26.3 Å². The first-order valence-corrected chi connectivity index (χ1v) is 11.8. The number of hydrogen-bond acceptors (Lipinski definition) is 6. The van der Waals surface area contributed by atoms with Crippen LogP contribution in [0.2, 0.25) is 0 Å². The molecule has 0 fully saturated rings.